The Kier molecular flexibility index (Phi) is 11.2. The van der Waals surface area contributed by atoms with Crippen LogP contribution < -0.4 is 21.3 Å². The molecule has 0 radical (unpaired) electrons. The Bertz CT molecular complexity index is 3830. The van der Waals surface area contributed by atoms with Gasteiger partial charge in [0.15, 0.2) is 0 Å². The third-order valence-corrected chi connectivity index (χ3v) is 15.8. The molecule has 0 saturated carbocycles. The van der Waals surface area contributed by atoms with Crippen LogP contribution in [0.2, 0.25) is 0 Å². The van der Waals surface area contributed by atoms with Gasteiger partial charge in [-0.25, -0.2) is 0 Å². The largest absolute Gasteiger partial charge is 0.310 e. The normalized spacial score (nSPS) is 14.3. The van der Waals surface area contributed by atoms with Gasteiger partial charge in [0, 0.05) is 22.1 Å². The average molecular weight is 924 g/mol. The molecule has 346 valence electrons. The van der Waals surface area contributed by atoms with Crippen LogP contribution in [0.5, 0.6) is 0 Å². The van der Waals surface area contributed by atoms with E-state index in [-0.39, 0.29) is 6.71 Å². The van der Waals surface area contributed by atoms with Crippen LogP contribution in [0.25, 0.3) is 43.1 Å². The van der Waals surface area contributed by atoms with E-state index in [4.69, 9.17) is 6.58 Å². The van der Waals surface area contributed by atoms with Gasteiger partial charge in [-0.3, -0.25) is 0 Å². The third-order valence-electron chi connectivity index (χ3n) is 15.8. The fourth-order valence-electron chi connectivity index (χ4n) is 13.1. The summed E-state index contributed by atoms with van der Waals surface area (Å²) in [5.74, 6) is 0. The number of benzene rings is 11. The van der Waals surface area contributed by atoms with Crippen molar-refractivity contribution in [2.24, 2.45) is 0 Å². The van der Waals surface area contributed by atoms with Crippen LogP contribution in [0.4, 0.5) is 17.1 Å². The van der Waals surface area contributed by atoms with Gasteiger partial charge in [-0.15, -0.1) is 0 Å². The average Bonchev–Trinajstić information content (AvgIpc) is 3.45. The number of para-hydroxylation sites is 1. The van der Waals surface area contributed by atoms with Gasteiger partial charge < -0.3 is 4.90 Å². The van der Waals surface area contributed by atoms with E-state index in [0.717, 1.165) is 29.1 Å². The molecule has 1 nitrogen and oxygen atoms in total. The van der Waals surface area contributed by atoms with Crippen molar-refractivity contribution >= 4 is 83.3 Å². The van der Waals surface area contributed by atoms with E-state index >= 15 is 0 Å². The molecule has 0 atom stereocenters. The van der Waals surface area contributed by atoms with E-state index in [2.05, 4.69) is 265 Å². The Balaban J connectivity index is 1.18. The summed E-state index contributed by atoms with van der Waals surface area (Å²) in [6.45, 7) is 18.7. The molecule has 0 aromatic heterocycles. The Morgan fingerprint density at radius 2 is 1.00 bits per heavy atom. The van der Waals surface area contributed by atoms with E-state index < -0.39 is 5.41 Å². The highest BCUT2D eigenvalue weighted by Crippen LogP contribution is 2.51. The first-order chi connectivity index (χ1) is 35.1. The van der Waals surface area contributed by atoms with Crippen LogP contribution in [0.15, 0.2) is 231 Å². The molecule has 0 aliphatic heterocycles. The zero-order chi connectivity index (χ0) is 49.3. The molecule has 1 aliphatic carbocycles. The summed E-state index contributed by atoms with van der Waals surface area (Å²) in [6.07, 6.45) is 9.60. The second-order valence-corrected chi connectivity index (χ2v) is 20.4. The minimum absolute atomic E-state index is 0.0317. The summed E-state index contributed by atoms with van der Waals surface area (Å²) in [5, 5.41) is 10.2. The maximum absolute atomic E-state index is 4.93. The molecular weight excluding hydrogens is 866 g/mol. The van der Waals surface area contributed by atoms with E-state index in [1.807, 2.05) is 0 Å². The number of nitrogens with zero attached hydrogens (tertiary/aromatic N) is 1. The Morgan fingerprint density at radius 1 is 0.458 bits per heavy atom. The second kappa shape index (κ2) is 17.9. The lowest BCUT2D eigenvalue weighted by atomic mass is 9.33. The van der Waals surface area contributed by atoms with Crippen LogP contribution in [0.3, 0.4) is 0 Å². The first-order valence-electron chi connectivity index (χ1n) is 25.5. The smallest absolute Gasteiger partial charge is 0.243 e. The predicted octanol–water partition coefficient (Wildman–Crippen LogP) is 16.1. The van der Waals surface area contributed by atoms with Gasteiger partial charge in [0.2, 0.25) is 6.71 Å². The molecule has 1 aliphatic rings. The lowest BCUT2D eigenvalue weighted by Crippen LogP contribution is -2.56. The van der Waals surface area contributed by atoms with Gasteiger partial charge in [0.05, 0.1) is 11.1 Å². The second-order valence-electron chi connectivity index (χ2n) is 20.4. The highest BCUT2D eigenvalue weighted by Gasteiger charge is 2.41. The number of aryl methyl sites for hydroxylation is 6. The van der Waals surface area contributed by atoms with Crippen molar-refractivity contribution in [3.63, 3.8) is 0 Å². The van der Waals surface area contributed by atoms with E-state index in [0.29, 0.717) is 0 Å². The first-order valence-corrected chi connectivity index (χ1v) is 25.5. The van der Waals surface area contributed by atoms with Crippen molar-refractivity contribution in [1.29, 1.82) is 0 Å². The molecule has 0 heterocycles. The van der Waals surface area contributed by atoms with Crippen molar-refractivity contribution in [2.75, 3.05) is 4.90 Å². The standard InChI is InChI=1S/C70H58BN/c1-45-40-47(3)68(48(4)41-45)71(69-49(5)42-46(2)43-50(69)6)63-38-37-60-58-30-20-21-31-59(58)67-64(39-34-53-33-36-61(63)66(60)65(53)67)72(56-28-18-11-19-29-56)57-35-32-52-23-13-8-12-22-51(7)70(62(52)44-57,54-24-14-9-15-25-54)55-26-16-10-17-27-55/h8-22,24-44H,7,23H2,1-6H3/b13-8-,22-12-. The topological polar surface area (TPSA) is 3.24 Å². The predicted molar refractivity (Wildman–Crippen MR) is 312 cm³/mol. The molecule has 0 unspecified atom stereocenters. The van der Waals surface area contributed by atoms with Crippen LogP contribution in [0, 0.1) is 41.5 Å². The monoisotopic (exact) mass is 923 g/mol. The summed E-state index contributed by atoms with van der Waals surface area (Å²) in [5.41, 5.74) is 20.6. The lowest BCUT2D eigenvalue weighted by Gasteiger charge is -2.39. The number of fused-ring (bicyclic) bond motifs is 4. The summed E-state index contributed by atoms with van der Waals surface area (Å²) >= 11 is 0. The molecule has 2 heteroatoms. The van der Waals surface area contributed by atoms with Crippen LogP contribution in [0.1, 0.15) is 55.6 Å². The quantitative estimate of drug-likeness (QED) is 0.0834. The van der Waals surface area contributed by atoms with Crippen LogP contribution in [-0.4, -0.2) is 6.71 Å². The van der Waals surface area contributed by atoms with Crippen molar-refractivity contribution in [3.8, 4) is 0 Å². The van der Waals surface area contributed by atoms with E-state index in [1.54, 1.807) is 0 Å². The molecule has 0 fully saturated rings. The first kappa shape index (κ1) is 45.0. The molecule has 0 saturated heterocycles. The lowest BCUT2D eigenvalue weighted by molar-refractivity contribution is 0.737. The maximum Gasteiger partial charge on any atom is 0.243 e. The molecule has 0 bridgehead atoms. The van der Waals surface area contributed by atoms with Gasteiger partial charge in [0.25, 0.3) is 0 Å². The number of allylic oxidation sites excluding steroid dienone is 5. The third kappa shape index (κ3) is 7.15. The number of hydrogen-bond acceptors (Lipinski definition) is 1. The molecule has 11 aromatic rings. The Hall–Kier alpha value is -8.20. The highest BCUT2D eigenvalue weighted by atomic mass is 15.1. The molecule has 0 N–H and O–H groups in total. The number of rotatable bonds is 8. The zero-order valence-electron chi connectivity index (χ0n) is 42.2. The summed E-state index contributed by atoms with van der Waals surface area (Å²) in [6, 6.07) is 73.2. The number of hydrogen-bond donors (Lipinski definition) is 0. The van der Waals surface area contributed by atoms with Crippen molar-refractivity contribution < 1.29 is 0 Å². The fourth-order valence-corrected chi connectivity index (χ4v) is 13.1. The molecule has 0 amide bonds. The molecular formula is C70H58BN. The minimum Gasteiger partial charge on any atom is -0.310 e. The minimum atomic E-state index is -0.677. The summed E-state index contributed by atoms with van der Waals surface area (Å²) in [7, 11) is 0. The summed E-state index contributed by atoms with van der Waals surface area (Å²) in [4.78, 5) is 2.52. The summed E-state index contributed by atoms with van der Waals surface area (Å²) < 4.78 is 0. The molecule has 72 heavy (non-hydrogen) atoms. The maximum atomic E-state index is 4.93. The molecule has 12 rings (SSSR count). The van der Waals surface area contributed by atoms with Gasteiger partial charge in [0.1, 0.15) is 0 Å². The Labute approximate surface area is 425 Å². The van der Waals surface area contributed by atoms with Crippen molar-refractivity contribution in [3.05, 3.63) is 286 Å². The van der Waals surface area contributed by atoms with Crippen LogP contribution in [-0.2, 0) is 11.8 Å². The van der Waals surface area contributed by atoms with Gasteiger partial charge in [-0.05, 0) is 138 Å². The van der Waals surface area contributed by atoms with Gasteiger partial charge in [-0.1, -0.05) is 244 Å². The number of anilines is 3. The van der Waals surface area contributed by atoms with Crippen LogP contribution >= 0.6 is 0 Å². The Morgan fingerprint density at radius 3 is 1.62 bits per heavy atom. The molecule has 0 spiro atoms. The van der Waals surface area contributed by atoms with Gasteiger partial charge >= 0.3 is 0 Å². The zero-order valence-corrected chi connectivity index (χ0v) is 42.2. The highest BCUT2D eigenvalue weighted by molar-refractivity contribution is 6.98. The van der Waals surface area contributed by atoms with E-state index in [9.17, 15) is 0 Å². The fraction of sp³-hybridized carbons (Fsp3) is 0.114. The van der Waals surface area contributed by atoms with Crippen molar-refractivity contribution in [1.82, 2.24) is 0 Å². The van der Waals surface area contributed by atoms with Crippen molar-refractivity contribution in [2.45, 2.75) is 53.4 Å². The van der Waals surface area contributed by atoms with E-state index in [1.165, 1.54) is 115 Å². The van der Waals surface area contributed by atoms with Gasteiger partial charge in [-0.2, -0.15) is 0 Å². The molecule has 11 aromatic carbocycles. The SMILES string of the molecule is C=C1/C=C\C=C/Cc2ccc(N(c3ccccc3)c3ccc4ccc5c(B(c6c(C)cc(C)cc6C)c6c(C)cc(C)cc6C)ccc6c7ccccc7c3c4c56)cc2C1(c1ccccc1)c1ccccc1.